The number of carbonyl (C=O) groups is 1. The van der Waals surface area contributed by atoms with Crippen LogP contribution in [0, 0.1) is 13.8 Å². The number of hydrogen-bond acceptors (Lipinski definition) is 1. The van der Waals surface area contributed by atoms with E-state index in [2.05, 4.69) is 11.4 Å². The largest absolute Gasteiger partial charge is 0.352 e. The van der Waals surface area contributed by atoms with Crippen molar-refractivity contribution in [2.75, 3.05) is 0 Å². The van der Waals surface area contributed by atoms with Gasteiger partial charge in [0.1, 0.15) is 0 Å². The summed E-state index contributed by atoms with van der Waals surface area (Å²) in [6, 6.07) is 15.4. The molecule has 0 saturated carbocycles. The number of aryl methyl sites for hydroxylation is 2. The van der Waals surface area contributed by atoms with Crippen molar-refractivity contribution in [1.82, 2.24) is 5.32 Å². The van der Waals surface area contributed by atoms with Gasteiger partial charge in [-0.25, -0.2) is 4.79 Å². The highest BCUT2D eigenvalue weighted by Gasteiger charge is 2.15. The highest BCUT2D eigenvalue weighted by molar-refractivity contribution is 5.73. The van der Waals surface area contributed by atoms with Gasteiger partial charge in [-0.1, -0.05) is 59.7 Å². The van der Waals surface area contributed by atoms with Gasteiger partial charge in [-0.05, 0) is 25.0 Å². The number of amides is 2. The van der Waals surface area contributed by atoms with Crippen molar-refractivity contribution in [3.8, 4) is 0 Å². The smallest absolute Gasteiger partial charge is 0.312 e. The average molecular weight is 254 g/mol. The van der Waals surface area contributed by atoms with Crippen LogP contribution >= 0.6 is 0 Å². The SMILES string of the molecule is Cc1ccc([C@@H](NC(N)=O)c2cccc(C)c2)cc1. The number of carbonyl (C=O) groups excluding carboxylic acids is 1. The minimum absolute atomic E-state index is 0.210. The van der Waals surface area contributed by atoms with Crippen molar-refractivity contribution in [3.05, 3.63) is 70.8 Å². The van der Waals surface area contributed by atoms with Crippen molar-refractivity contribution in [2.45, 2.75) is 19.9 Å². The molecule has 1 atom stereocenters. The second kappa shape index (κ2) is 5.57. The highest BCUT2D eigenvalue weighted by atomic mass is 16.2. The predicted molar refractivity (Wildman–Crippen MR) is 76.9 cm³/mol. The Morgan fingerprint density at radius 3 is 2.26 bits per heavy atom. The van der Waals surface area contributed by atoms with Crippen molar-refractivity contribution >= 4 is 6.03 Å². The molecule has 19 heavy (non-hydrogen) atoms. The summed E-state index contributed by atoms with van der Waals surface area (Å²) in [5, 5.41) is 2.80. The van der Waals surface area contributed by atoms with E-state index in [0.29, 0.717) is 0 Å². The summed E-state index contributed by atoms with van der Waals surface area (Å²) in [5.41, 5.74) is 9.68. The van der Waals surface area contributed by atoms with Crippen molar-refractivity contribution in [2.24, 2.45) is 5.73 Å². The molecule has 0 bridgehead atoms. The first-order chi connectivity index (χ1) is 9.06. The Labute approximate surface area is 113 Å². The third-order valence-corrected chi connectivity index (χ3v) is 3.07. The summed E-state index contributed by atoms with van der Waals surface area (Å²) < 4.78 is 0. The fourth-order valence-corrected chi connectivity index (χ4v) is 2.11. The molecule has 0 heterocycles. The summed E-state index contributed by atoms with van der Waals surface area (Å²) >= 11 is 0. The topological polar surface area (TPSA) is 55.1 Å². The molecule has 0 radical (unpaired) electrons. The lowest BCUT2D eigenvalue weighted by molar-refractivity contribution is 0.247. The van der Waals surface area contributed by atoms with Gasteiger partial charge in [0.15, 0.2) is 0 Å². The van der Waals surface area contributed by atoms with Crippen LogP contribution in [0.15, 0.2) is 48.5 Å². The van der Waals surface area contributed by atoms with E-state index < -0.39 is 6.03 Å². The number of benzene rings is 2. The zero-order chi connectivity index (χ0) is 13.8. The normalized spacial score (nSPS) is 11.9. The first-order valence-electron chi connectivity index (χ1n) is 6.25. The van der Waals surface area contributed by atoms with E-state index in [1.165, 1.54) is 5.56 Å². The van der Waals surface area contributed by atoms with Gasteiger partial charge in [0.2, 0.25) is 0 Å². The van der Waals surface area contributed by atoms with Gasteiger partial charge >= 0.3 is 6.03 Å². The molecule has 0 aromatic heterocycles. The van der Waals surface area contributed by atoms with Crippen LogP contribution in [0.25, 0.3) is 0 Å². The molecule has 2 aromatic rings. The van der Waals surface area contributed by atoms with Gasteiger partial charge in [-0.3, -0.25) is 0 Å². The molecule has 3 heteroatoms. The summed E-state index contributed by atoms with van der Waals surface area (Å²) in [6.45, 7) is 4.06. The van der Waals surface area contributed by atoms with Gasteiger partial charge in [0.05, 0.1) is 6.04 Å². The van der Waals surface area contributed by atoms with Crippen LogP contribution in [-0.2, 0) is 0 Å². The minimum Gasteiger partial charge on any atom is -0.352 e. The Balaban J connectivity index is 2.40. The monoisotopic (exact) mass is 254 g/mol. The van der Waals surface area contributed by atoms with E-state index in [4.69, 9.17) is 5.73 Å². The number of nitrogens with two attached hydrogens (primary N) is 1. The lowest BCUT2D eigenvalue weighted by Gasteiger charge is -2.19. The maximum Gasteiger partial charge on any atom is 0.312 e. The Morgan fingerprint density at radius 1 is 1.00 bits per heavy atom. The molecule has 3 nitrogen and oxygen atoms in total. The maximum atomic E-state index is 11.2. The third kappa shape index (κ3) is 3.35. The second-order valence-electron chi connectivity index (χ2n) is 4.77. The molecule has 2 rings (SSSR count). The number of hydrogen-bond donors (Lipinski definition) is 2. The van der Waals surface area contributed by atoms with E-state index in [0.717, 1.165) is 16.7 Å². The summed E-state index contributed by atoms with van der Waals surface area (Å²) in [6.07, 6.45) is 0. The van der Waals surface area contributed by atoms with Crippen molar-refractivity contribution < 1.29 is 4.79 Å². The molecule has 2 amide bonds. The molecule has 98 valence electrons. The molecule has 0 saturated heterocycles. The van der Waals surface area contributed by atoms with Gasteiger partial charge in [-0.2, -0.15) is 0 Å². The van der Waals surface area contributed by atoms with E-state index in [9.17, 15) is 4.79 Å². The minimum atomic E-state index is -0.521. The summed E-state index contributed by atoms with van der Waals surface area (Å²) in [4.78, 5) is 11.2. The molecule has 0 spiro atoms. The average Bonchev–Trinajstić information content (AvgIpc) is 2.37. The summed E-state index contributed by atoms with van der Waals surface area (Å²) in [5.74, 6) is 0. The molecule has 0 unspecified atom stereocenters. The van der Waals surface area contributed by atoms with Crippen LogP contribution in [0.5, 0.6) is 0 Å². The summed E-state index contributed by atoms with van der Waals surface area (Å²) in [7, 11) is 0. The first kappa shape index (κ1) is 13.1. The lowest BCUT2D eigenvalue weighted by atomic mass is 9.97. The van der Waals surface area contributed by atoms with E-state index in [1.54, 1.807) is 0 Å². The van der Waals surface area contributed by atoms with Gasteiger partial charge in [-0.15, -0.1) is 0 Å². The zero-order valence-corrected chi connectivity index (χ0v) is 11.2. The van der Waals surface area contributed by atoms with Gasteiger partial charge in [0, 0.05) is 0 Å². The Bertz CT molecular complexity index is 576. The molecule has 0 aliphatic rings. The second-order valence-corrected chi connectivity index (χ2v) is 4.77. The van der Waals surface area contributed by atoms with Crippen molar-refractivity contribution in [3.63, 3.8) is 0 Å². The van der Waals surface area contributed by atoms with Crippen LogP contribution in [-0.4, -0.2) is 6.03 Å². The number of rotatable bonds is 3. The van der Waals surface area contributed by atoms with Gasteiger partial charge < -0.3 is 11.1 Å². The van der Waals surface area contributed by atoms with E-state index in [-0.39, 0.29) is 6.04 Å². The van der Waals surface area contributed by atoms with Crippen molar-refractivity contribution in [1.29, 1.82) is 0 Å². The first-order valence-corrected chi connectivity index (χ1v) is 6.25. The Morgan fingerprint density at radius 2 is 1.68 bits per heavy atom. The number of nitrogens with one attached hydrogen (secondary N) is 1. The molecule has 0 aliphatic heterocycles. The maximum absolute atomic E-state index is 11.2. The quantitative estimate of drug-likeness (QED) is 0.869. The zero-order valence-electron chi connectivity index (χ0n) is 11.2. The highest BCUT2D eigenvalue weighted by Crippen LogP contribution is 2.23. The fraction of sp³-hybridized carbons (Fsp3) is 0.188. The number of urea groups is 1. The fourth-order valence-electron chi connectivity index (χ4n) is 2.11. The lowest BCUT2D eigenvalue weighted by Crippen LogP contribution is -2.33. The van der Waals surface area contributed by atoms with E-state index in [1.807, 2.05) is 56.3 Å². The van der Waals surface area contributed by atoms with E-state index >= 15 is 0 Å². The Kier molecular flexibility index (Phi) is 3.85. The molecule has 0 aliphatic carbocycles. The predicted octanol–water partition coefficient (Wildman–Crippen LogP) is 3.06. The Hall–Kier alpha value is -2.29. The molecule has 3 N–H and O–H groups in total. The molecule has 2 aromatic carbocycles. The standard InChI is InChI=1S/C16H18N2O/c1-11-6-8-13(9-7-11)15(18-16(17)19)14-5-3-4-12(2)10-14/h3-10,15H,1-2H3,(H3,17,18,19)/t15-/m1/s1. The third-order valence-electron chi connectivity index (χ3n) is 3.07. The van der Waals surface area contributed by atoms with Crippen LogP contribution in [0.4, 0.5) is 4.79 Å². The molecular weight excluding hydrogens is 236 g/mol. The van der Waals surface area contributed by atoms with Crippen LogP contribution in [0.2, 0.25) is 0 Å². The van der Waals surface area contributed by atoms with Crippen LogP contribution < -0.4 is 11.1 Å². The van der Waals surface area contributed by atoms with Crippen LogP contribution in [0.1, 0.15) is 28.3 Å². The molecular formula is C16H18N2O. The molecule has 0 fully saturated rings. The van der Waals surface area contributed by atoms with Gasteiger partial charge in [0.25, 0.3) is 0 Å². The van der Waals surface area contributed by atoms with Crippen LogP contribution in [0.3, 0.4) is 0 Å². The number of primary amides is 1.